The molecule has 1 fully saturated rings. The lowest BCUT2D eigenvalue weighted by molar-refractivity contribution is -0.134. The van der Waals surface area contributed by atoms with Crippen LogP contribution in [0.3, 0.4) is 0 Å². The minimum absolute atomic E-state index is 0.157. The zero-order chi connectivity index (χ0) is 14.8. The lowest BCUT2D eigenvalue weighted by atomic mass is 10.1. The molecule has 0 bridgehead atoms. The fraction of sp³-hybridized carbons (Fsp3) is 0.462. The van der Waals surface area contributed by atoms with Gasteiger partial charge in [-0.1, -0.05) is 30.3 Å². The molecule has 0 radical (unpaired) electrons. The van der Waals surface area contributed by atoms with Crippen LogP contribution in [0.5, 0.6) is 0 Å². The van der Waals surface area contributed by atoms with Gasteiger partial charge in [-0.2, -0.15) is 8.42 Å². The summed E-state index contributed by atoms with van der Waals surface area (Å²) in [5.74, 6) is -1.23. The number of nitrogens with zero attached hydrogens (tertiary/aromatic N) is 1. The van der Waals surface area contributed by atoms with Gasteiger partial charge in [-0.3, -0.25) is 13.4 Å². The monoisotopic (exact) mass is 301 g/mol. The van der Waals surface area contributed by atoms with Crippen molar-refractivity contribution in [2.45, 2.75) is 12.6 Å². The molecule has 1 aliphatic heterocycles. The van der Waals surface area contributed by atoms with Crippen molar-refractivity contribution >= 4 is 16.0 Å². The van der Waals surface area contributed by atoms with Gasteiger partial charge in [0.25, 0.3) is 16.0 Å². The topological polar surface area (TPSA) is 63.7 Å². The summed E-state index contributed by atoms with van der Waals surface area (Å²) in [6.45, 7) is -0.318. The number of likely N-dealkylation sites (tertiary alicyclic amines) is 1. The van der Waals surface area contributed by atoms with E-state index in [2.05, 4.69) is 0 Å². The maximum absolute atomic E-state index is 13.0. The summed E-state index contributed by atoms with van der Waals surface area (Å²) in [4.78, 5) is 13.6. The highest BCUT2D eigenvalue weighted by molar-refractivity contribution is 7.86. The first-order valence-corrected chi connectivity index (χ1v) is 7.99. The summed E-state index contributed by atoms with van der Waals surface area (Å²) in [6.07, 6.45) is -0.395. The van der Waals surface area contributed by atoms with Crippen LogP contribution in [-0.2, 0) is 25.6 Å². The van der Waals surface area contributed by atoms with Crippen molar-refractivity contribution in [2.24, 2.45) is 5.92 Å². The van der Waals surface area contributed by atoms with E-state index in [0.29, 0.717) is 6.54 Å². The zero-order valence-corrected chi connectivity index (χ0v) is 11.8. The number of amides is 1. The molecule has 0 N–H and O–H groups in total. The van der Waals surface area contributed by atoms with Gasteiger partial charge in [0.2, 0.25) is 0 Å². The Morgan fingerprint density at radius 2 is 2.00 bits per heavy atom. The van der Waals surface area contributed by atoms with Gasteiger partial charge in [-0.15, -0.1) is 0 Å². The number of alkyl halides is 1. The molecule has 1 aliphatic rings. The molecule has 1 saturated heterocycles. The Bertz CT molecular complexity index is 575. The quantitative estimate of drug-likeness (QED) is 0.760. The minimum atomic E-state index is -3.79. The maximum atomic E-state index is 13.0. The highest BCUT2D eigenvalue weighted by Crippen LogP contribution is 2.25. The second-order valence-electron chi connectivity index (χ2n) is 4.84. The van der Waals surface area contributed by atoms with Crippen LogP contribution in [0.4, 0.5) is 4.39 Å². The van der Waals surface area contributed by atoms with Crippen molar-refractivity contribution < 1.29 is 21.8 Å². The lowest BCUT2D eigenvalue weighted by Gasteiger charge is -2.16. The number of halogens is 1. The molecule has 0 saturated carbocycles. The molecule has 2 rings (SSSR count). The fourth-order valence-corrected chi connectivity index (χ4v) is 2.85. The van der Waals surface area contributed by atoms with E-state index in [1.165, 1.54) is 4.90 Å². The maximum Gasteiger partial charge on any atom is 0.265 e. The summed E-state index contributed by atoms with van der Waals surface area (Å²) in [5.41, 5.74) is 0.901. The standard InChI is InChI=1S/C13H16FNO4S/c1-20(17,18)19-12-11(7-14)9-15(13(12)16)8-10-5-3-2-4-6-10/h2-6,11-12H,7-9H2,1H3. The summed E-state index contributed by atoms with van der Waals surface area (Å²) in [7, 11) is -3.79. The largest absolute Gasteiger partial charge is 0.336 e. The minimum Gasteiger partial charge on any atom is -0.336 e. The SMILES string of the molecule is CS(=O)(=O)OC1C(=O)N(Cc2ccccc2)CC1CF. The second kappa shape index (κ2) is 5.88. The molecule has 0 aromatic heterocycles. The molecule has 1 aromatic carbocycles. The Morgan fingerprint density at radius 1 is 1.35 bits per heavy atom. The molecule has 20 heavy (non-hydrogen) atoms. The molecule has 110 valence electrons. The summed E-state index contributed by atoms with van der Waals surface area (Å²) in [6, 6.07) is 9.24. The van der Waals surface area contributed by atoms with Crippen LogP contribution in [0.25, 0.3) is 0 Å². The van der Waals surface area contributed by atoms with Crippen LogP contribution >= 0.6 is 0 Å². The Balaban J connectivity index is 2.12. The lowest BCUT2D eigenvalue weighted by Crippen LogP contribution is -2.33. The highest BCUT2D eigenvalue weighted by atomic mass is 32.2. The molecule has 0 spiro atoms. The van der Waals surface area contributed by atoms with Crippen molar-refractivity contribution in [3.63, 3.8) is 0 Å². The van der Waals surface area contributed by atoms with E-state index in [0.717, 1.165) is 11.8 Å². The van der Waals surface area contributed by atoms with Crippen LogP contribution < -0.4 is 0 Å². The Labute approximate surface area is 117 Å². The zero-order valence-electron chi connectivity index (χ0n) is 11.0. The van der Waals surface area contributed by atoms with Crippen LogP contribution in [-0.4, -0.2) is 44.8 Å². The number of hydrogen-bond donors (Lipinski definition) is 0. The molecule has 1 amide bonds. The number of rotatable bonds is 5. The molecule has 1 aromatic rings. The highest BCUT2D eigenvalue weighted by Gasteiger charge is 2.43. The molecular formula is C13H16FNO4S. The molecule has 5 nitrogen and oxygen atoms in total. The van der Waals surface area contributed by atoms with Gasteiger partial charge in [-0.25, -0.2) is 0 Å². The van der Waals surface area contributed by atoms with E-state index in [1.54, 1.807) is 0 Å². The van der Waals surface area contributed by atoms with Crippen molar-refractivity contribution in [3.05, 3.63) is 35.9 Å². The van der Waals surface area contributed by atoms with Gasteiger partial charge in [-0.05, 0) is 5.56 Å². The van der Waals surface area contributed by atoms with Crippen LogP contribution in [0.1, 0.15) is 5.56 Å². The number of carbonyl (C=O) groups excluding carboxylic acids is 1. The first-order chi connectivity index (χ1) is 9.40. The van der Waals surface area contributed by atoms with Crippen LogP contribution in [0.15, 0.2) is 30.3 Å². The Kier molecular flexibility index (Phi) is 4.39. The molecule has 2 atom stereocenters. The average Bonchev–Trinajstić information content (AvgIpc) is 2.67. The van der Waals surface area contributed by atoms with E-state index >= 15 is 0 Å². The van der Waals surface area contributed by atoms with Gasteiger partial charge >= 0.3 is 0 Å². The third-order valence-corrected chi connectivity index (χ3v) is 3.69. The van der Waals surface area contributed by atoms with Crippen molar-refractivity contribution in [3.8, 4) is 0 Å². The summed E-state index contributed by atoms with van der Waals surface area (Å²) < 4.78 is 40.0. The van der Waals surface area contributed by atoms with E-state index in [4.69, 9.17) is 4.18 Å². The van der Waals surface area contributed by atoms with E-state index in [9.17, 15) is 17.6 Å². The fourth-order valence-electron chi connectivity index (χ4n) is 2.23. The first-order valence-electron chi connectivity index (χ1n) is 6.17. The Hall–Kier alpha value is -1.47. The molecular weight excluding hydrogens is 285 g/mol. The number of hydrogen-bond acceptors (Lipinski definition) is 4. The molecule has 7 heteroatoms. The van der Waals surface area contributed by atoms with Crippen molar-refractivity contribution in [1.29, 1.82) is 0 Å². The van der Waals surface area contributed by atoms with Gasteiger partial charge < -0.3 is 4.90 Å². The normalized spacial score (nSPS) is 23.3. The Morgan fingerprint density at radius 3 is 2.55 bits per heavy atom. The predicted octanol–water partition coefficient (Wildman–Crippen LogP) is 0.959. The van der Waals surface area contributed by atoms with E-state index in [1.807, 2.05) is 30.3 Å². The van der Waals surface area contributed by atoms with Gasteiger partial charge in [0.1, 0.15) is 0 Å². The van der Waals surface area contributed by atoms with Gasteiger partial charge in [0.15, 0.2) is 6.10 Å². The van der Waals surface area contributed by atoms with Crippen LogP contribution in [0, 0.1) is 5.92 Å². The summed E-state index contributed by atoms with van der Waals surface area (Å²) >= 11 is 0. The molecule has 0 aliphatic carbocycles. The van der Waals surface area contributed by atoms with Gasteiger partial charge in [0.05, 0.1) is 12.9 Å². The van der Waals surface area contributed by atoms with E-state index < -0.39 is 34.7 Å². The predicted molar refractivity (Wildman–Crippen MR) is 71.0 cm³/mol. The average molecular weight is 301 g/mol. The smallest absolute Gasteiger partial charge is 0.265 e. The van der Waals surface area contributed by atoms with Gasteiger partial charge in [0, 0.05) is 19.0 Å². The molecule has 1 heterocycles. The first kappa shape index (κ1) is 14.9. The second-order valence-corrected chi connectivity index (χ2v) is 6.44. The van der Waals surface area contributed by atoms with Crippen LogP contribution in [0.2, 0.25) is 0 Å². The van der Waals surface area contributed by atoms with Crippen molar-refractivity contribution in [1.82, 2.24) is 4.90 Å². The third-order valence-electron chi connectivity index (χ3n) is 3.13. The number of carbonyl (C=O) groups is 1. The third kappa shape index (κ3) is 3.55. The van der Waals surface area contributed by atoms with Crippen molar-refractivity contribution in [2.75, 3.05) is 19.5 Å². The number of benzene rings is 1. The van der Waals surface area contributed by atoms with E-state index in [-0.39, 0.29) is 6.54 Å². The molecule has 2 unspecified atom stereocenters. The summed E-state index contributed by atoms with van der Waals surface area (Å²) in [5, 5.41) is 0.